The molecular weight excluding hydrogens is 340 g/mol. The molecule has 0 atom stereocenters. The number of pyridine rings is 2. The third-order valence-corrected chi connectivity index (χ3v) is 4.63. The van der Waals surface area contributed by atoms with E-state index < -0.39 is 0 Å². The predicted octanol–water partition coefficient (Wildman–Crippen LogP) is 2.06. The summed E-state index contributed by atoms with van der Waals surface area (Å²) in [6.07, 6.45) is 3.34. The molecule has 0 aliphatic heterocycles. The summed E-state index contributed by atoms with van der Waals surface area (Å²) in [5, 5.41) is 23.2. The Balaban J connectivity index is 1.85. The van der Waals surface area contributed by atoms with Gasteiger partial charge in [-0.1, -0.05) is 10.3 Å². The number of thiophene rings is 1. The highest BCUT2D eigenvalue weighted by molar-refractivity contribution is 7.18. The molecule has 0 radical (unpaired) electrons. The molecule has 3 aromatic rings. The van der Waals surface area contributed by atoms with Gasteiger partial charge in [0.2, 0.25) is 0 Å². The van der Waals surface area contributed by atoms with Crippen LogP contribution in [0.15, 0.2) is 59.1 Å². The molecule has 126 valence electrons. The Labute approximate surface area is 146 Å². The van der Waals surface area contributed by atoms with E-state index in [0.29, 0.717) is 11.4 Å². The van der Waals surface area contributed by atoms with Gasteiger partial charge in [0.15, 0.2) is 11.7 Å². The molecule has 0 spiro atoms. The molecule has 0 bridgehead atoms. The fourth-order valence-electron chi connectivity index (χ4n) is 2.13. The summed E-state index contributed by atoms with van der Waals surface area (Å²) in [6.45, 7) is 0. The second kappa shape index (κ2) is 6.97. The van der Waals surface area contributed by atoms with Gasteiger partial charge in [0.25, 0.3) is 0 Å². The Morgan fingerprint density at radius 3 is 1.52 bits per heavy atom. The monoisotopic (exact) mass is 354 g/mol. The topological polar surface area (TPSA) is 143 Å². The number of hydrogen-bond acceptors (Lipinski definition) is 7. The van der Waals surface area contributed by atoms with Crippen molar-refractivity contribution in [1.82, 2.24) is 9.97 Å². The lowest BCUT2D eigenvalue weighted by molar-refractivity contribution is 0.318. The van der Waals surface area contributed by atoms with Gasteiger partial charge >= 0.3 is 0 Å². The van der Waals surface area contributed by atoms with Crippen LogP contribution in [0.5, 0.6) is 0 Å². The van der Waals surface area contributed by atoms with Gasteiger partial charge in [-0.15, -0.1) is 11.3 Å². The van der Waals surface area contributed by atoms with Gasteiger partial charge in [-0.25, -0.2) is 0 Å². The maximum atomic E-state index is 8.66. The zero-order valence-corrected chi connectivity index (χ0v) is 13.7. The fourth-order valence-corrected chi connectivity index (χ4v) is 3.12. The third-order valence-electron chi connectivity index (χ3n) is 3.44. The summed E-state index contributed by atoms with van der Waals surface area (Å²) in [5.74, 6) is -0.0643. The highest BCUT2D eigenvalue weighted by Gasteiger charge is 2.08. The van der Waals surface area contributed by atoms with Crippen LogP contribution in [0.2, 0.25) is 0 Å². The molecule has 3 heterocycles. The van der Waals surface area contributed by atoms with Crippen LogP contribution < -0.4 is 11.5 Å². The molecule has 9 heteroatoms. The standard InChI is InChI=1S/C16H14N6O2S/c17-15(21-23)11-3-1-9(7-19-11)13-5-6-14(25-13)10-2-4-12(20-8-10)16(18)22-24/h1-8,23-24H,(H2,17,21)(H2,18,22). The van der Waals surface area contributed by atoms with E-state index in [9.17, 15) is 0 Å². The molecule has 0 aliphatic carbocycles. The van der Waals surface area contributed by atoms with E-state index in [-0.39, 0.29) is 11.7 Å². The molecule has 0 saturated carbocycles. The highest BCUT2D eigenvalue weighted by Crippen LogP contribution is 2.33. The van der Waals surface area contributed by atoms with E-state index in [0.717, 1.165) is 20.9 Å². The first-order chi connectivity index (χ1) is 12.1. The molecular formula is C16H14N6O2S. The van der Waals surface area contributed by atoms with Gasteiger partial charge in [0.1, 0.15) is 11.4 Å². The highest BCUT2D eigenvalue weighted by atomic mass is 32.1. The van der Waals surface area contributed by atoms with E-state index in [1.807, 2.05) is 24.3 Å². The third kappa shape index (κ3) is 3.40. The molecule has 0 fully saturated rings. The summed E-state index contributed by atoms with van der Waals surface area (Å²) in [7, 11) is 0. The zero-order chi connectivity index (χ0) is 17.8. The van der Waals surface area contributed by atoms with Crippen molar-refractivity contribution < 1.29 is 10.4 Å². The van der Waals surface area contributed by atoms with Crippen molar-refractivity contribution in [1.29, 1.82) is 0 Å². The Morgan fingerprint density at radius 2 is 1.20 bits per heavy atom. The van der Waals surface area contributed by atoms with Crippen molar-refractivity contribution in [3.05, 3.63) is 60.2 Å². The van der Waals surface area contributed by atoms with E-state index in [1.165, 1.54) is 0 Å². The van der Waals surface area contributed by atoms with Crippen molar-refractivity contribution in [3.8, 4) is 20.9 Å². The molecule has 0 amide bonds. The van der Waals surface area contributed by atoms with Crippen molar-refractivity contribution >= 4 is 23.0 Å². The van der Waals surface area contributed by atoms with Crippen molar-refractivity contribution in [3.63, 3.8) is 0 Å². The van der Waals surface area contributed by atoms with Gasteiger partial charge in [-0.2, -0.15) is 0 Å². The first-order valence-electron chi connectivity index (χ1n) is 7.11. The SMILES string of the molecule is N/C(=N\O)c1ccc(-c2ccc(-c3ccc(/C(N)=N/O)nc3)s2)cn1. The normalized spacial score (nSPS) is 12.3. The summed E-state index contributed by atoms with van der Waals surface area (Å²) in [6, 6.07) is 11.1. The van der Waals surface area contributed by atoms with Crippen LogP contribution in [-0.2, 0) is 0 Å². The second-order valence-corrected chi connectivity index (χ2v) is 6.08. The minimum atomic E-state index is -0.0322. The summed E-state index contributed by atoms with van der Waals surface area (Å²) in [4.78, 5) is 10.4. The molecule has 3 rings (SSSR count). The maximum Gasteiger partial charge on any atom is 0.188 e. The molecule has 3 aromatic heterocycles. The number of aromatic nitrogens is 2. The smallest absolute Gasteiger partial charge is 0.188 e. The largest absolute Gasteiger partial charge is 0.409 e. The van der Waals surface area contributed by atoms with Crippen LogP contribution in [-0.4, -0.2) is 32.1 Å². The Bertz CT molecular complexity index is 856. The van der Waals surface area contributed by atoms with Crippen molar-refractivity contribution in [2.75, 3.05) is 0 Å². The van der Waals surface area contributed by atoms with Crippen molar-refractivity contribution in [2.45, 2.75) is 0 Å². The lowest BCUT2D eigenvalue weighted by Crippen LogP contribution is -2.14. The van der Waals surface area contributed by atoms with Crippen LogP contribution in [0.25, 0.3) is 20.9 Å². The first-order valence-corrected chi connectivity index (χ1v) is 7.92. The molecule has 25 heavy (non-hydrogen) atoms. The van der Waals surface area contributed by atoms with E-state index in [1.54, 1.807) is 35.9 Å². The zero-order valence-electron chi connectivity index (χ0n) is 12.9. The maximum absolute atomic E-state index is 8.66. The number of rotatable bonds is 4. The van der Waals surface area contributed by atoms with Gasteiger partial charge in [0.05, 0.1) is 0 Å². The number of amidine groups is 2. The summed E-state index contributed by atoms with van der Waals surface area (Å²) in [5.41, 5.74) is 13.7. The first kappa shape index (κ1) is 16.4. The van der Waals surface area contributed by atoms with E-state index >= 15 is 0 Å². The van der Waals surface area contributed by atoms with Crippen LogP contribution in [0, 0.1) is 0 Å². The Kier molecular flexibility index (Phi) is 4.57. The molecule has 0 saturated heterocycles. The Morgan fingerprint density at radius 1 is 0.760 bits per heavy atom. The number of nitrogens with two attached hydrogens (primary N) is 2. The van der Waals surface area contributed by atoms with Crippen LogP contribution in [0.4, 0.5) is 0 Å². The van der Waals surface area contributed by atoms with E-state index in [4.69, 9.17) is 21.9 Å². The molecule has 6 N–H and O–H groups in total. The molecule has 0 aromatic carbocycles. The summed E-state index contributed by atoms with van der Waals surface area (Å²) < 4.78 is 0. The minimum absolute atomic E-state index is 0.0322. The number of oxime groups is 2. The quantitative estimate of drug-likeness (QED) is 0.244. The lowest BCUT2D eigenvalue weighted by atomic mass is 10.2. The summed E-state index contributed by atoms with van der Waals surface area (Å²) >= 11 is 1.58. The van der Waals surface area contributed by atoms with E-state index in [2.05, 4.69) is 20.3 Å². The van der Waals surface area contributed by atoms with Crippen LogP contribution in [0.1, 0.15) is 11.4 Å². The molecule has 8 nitrogen and oxygen atoms in total. The predicted molar refractivity (Wildman–Crippen MR) is 95.8 cm³/mol. The second-order valence-electron chi connectivity index (χ2n) is 5.00. The van der Waals surface area contributed by atoms with Gasteiger partial charge in [-0.05, 0) is 36.4 Å². The lowest BCUT2D eigenvalue weighted by Gasteiger charge is -2.01. The van der Waals surface area contributed by atoms with Crippen LogP contribution >= 0.6 is 11.3 Å². The van der Waals surface area contributed by atoms with Gasteiger partial charge in [-0.3, -0.25) is 9.97 Å². The molecule has 0 unspecified atom stereocenters. The van der Waals surface area contributed by atoms with Gasteiger partial charge in [0, 0.05) is 33.3 Å². The van der Waals surface area contributed by atoms with Crippen LogP contribution in [0.3, 0.4) is 0 Å². The average molecular weight is 354 g/mol. The van der Waals surface area contributed by atoms with Gasteiger partial charge < -0.3 is 21.9 Å². The fraction of sp³-hybridized carbons (Fsp3) is 0. The average Bonchev–Trinajstić information content (AvgIpc) is 3.17. The molecule has 0 aliphatic rings. The number of hydrogen-bond donors (Lipinski definition) is 4. The minimum Gasteiger partial charge on any atom is -0.409 e. The number of nitrogens with zero attached hydrogens (tertiary/aromatic N) is 4. The Hall–Kier alpha value is -3.46. The van der Waals surface area contributed by atoms with Crippen molar-refractivity contribution in [2.24, 2.45) is 21.8 Å².